The Labute approximate surface area is 126 Å². The van der Waals surface area contributed by atoms with Gasteiger partial charge in [-0.1, -0.05) is 24.3 Å². The molecule has 2 aromatic carbocycles. The Morgan fingerprint density at radius 1 is 1.24 bits per heavy atom. The van der Waals surface area contributed by atoms with Crippen molar-refractivity contribution in [2.24, 2.45) is 0 Å². The van der Waals surface area contributed by atoms with E-state index in [1.807, 2.05) is 6.07 Å². The number of hydrogen-bond acceptors (Lipinski definition) is 3. The summed E-state index contributed by atoms with van der Waals surface area (Å²) in [4.78, 5) is 0. The van der Waals surface area contributed by atoms with E-state index < -0.39 is 0 Å². The Morgan fingerprint density at radius 3 is 2.95 bits per heavy atom. The summed E-state index contributed by atoms with van der Waals surface area (Å²) in [6.07, 6.45) is 3.15. The first-order valence-electron chi connectivity index (χ1n) is 7.49. The average molecular weight is 282 g/mol. The lowest BCUT2D eigenvalue weighted by atomic mass is 10.1. The number of rotatable bonds is 5. The molecule has 0 amide bonds. The Hall–Kier alpha value is -2.00. The number of anilines is 2. The predicted molar refractivity (Wildman–Crippen MR) is 87.6 cm³/mol. The van der Waals surface area contributed by atoms with Gasteiger partial charge in [0, 0.05) is 18.5 Å². The minimum atomic E-state index is 0.379. The van der Waals surface area contributed by atoms with Crippen LogP contribution in [0.2, 0.25) is 0 Å². The molecule has 1 aliphatic carbocycles. The average Bonchev–Trinajstić information content (AvgIpc) is 2.88. The summed E-state index contributed by atoms with van der Waals surface area (Å²) >= 11 is 0. The minimum absolute atomic E-state index is 0.379. The molecule has 0 spiro atoms. The van der Waals surface area contributed by atoms with E-state index in [9.17, 15) is 0 Å². The molecule has 2 aromatic rings. The molecule has 0 saturated carbocycles. The van der Waals surface area contributed by atoms with Gasteiger partial charge in [0.25, 0.3) is 0 Å². The van der Waals surface area contributed by atoms with Gasteiger partial charge in [-0.3, -0.25) is 0 Å². The topological polar surface area (TPSA) is 47.3 Å². The van der Waals surface area contributed by atoms with E-state index in [0.29, 0.717) is 6.04 Å². The molecule has 21 heavy (non-hydrogen) atoms. The van der Waals surface area contributed by atoms with Crippen LogP contribution in [0.4, 0.5) is 11.4 Å². The zero-order chi connectivity index (χ0) is 14.7. The molecule has 0 saturated heterocycles. The Morgan fingerprint density at radius 2 is 2.10 bits per heavy atom. The van der Waals surface area contributed by atoms with Crippen LogP contribution in [-0.2, 0) is 17.6 Å². The number of nitrogens with two attached hydrogens (primary N) is 1. The van der Waals surface area contributed by atoms with Crippen molar-refractivity contribution in [1.29, 1.82) is 0 Å². The van der Waals surface area contributed by atoms with Crippen LogP contribution in [0.5, 0.6) is 0 Å². The lowest BCUT2D eigenvalue weighted by Gasteiger charge is -2.18. The summed E-state index contributed by atoms with van der Waals surface area (Å²) in [5.74, 6) is 0. The number of methoxy groups -OCH3 is 1. The molecule has 3 rings (SSSR count). The lowest BCUT2D eigenvalue weighted by molar-refractivity contribution is 0.202. The van der Waals surface area contributed by atoms with Crippen LogP contribution in [0, 0.1) is 0 Å². The van der Waals surface area contributed by atoms with Crippen molar-refractivity contribution in [3.63, 3.8) is 0 Å². The van der Waals surface area contributed by atoms with Crippen molar-refractivity contribution in [3.05, 3.63) is 59.2 Å². The SMILES string of the molecule is COCCc1ccccc1NC1CCc2cc(N)ccc21. The van der Waals surface area contributed by atoms with Crippen molar-refractivity contribution < 1.29 is 4.74 Å². The summed E-state index contributed by atoms with van der Waals surface area (Å²) in [5.41, 5.74) is 12.0. The predicted octanol–water partition coefficient (Wildman–Crippen LogP) is 3.56. The van der Waals surface area contributed by atoms with Crippen LogP contribution < -0.4 is 11.1 Å². The molecule has 0 radical (unpaired) electrons. The molecule has 1 aliphatic rings. The van der Waals surface area contributed by atoms with Gasteiger partial charge in [-0.05, 0) is 54.2 Å². The normalized spacial score (nSPS) is 16.7. The second kappa shape index (κ2) is 6.19. The van der Waals surface area contributed by atoms with Crippen LogP contribution in [0.1, 0.15) is 29.2 Å². The second-order valence-electron chi connectivity index (χ2n) is 5.59. The molecular formula is C18H22N2O. The van der Waals surface area contributed by atoms with Crippen molar-refractivity contribution >= 4 is 11.4 Å². The van der Waals surface area contributed by atoms with Crippen molar-refractivity contribution in [2.75, 3.05) is 24.8 Å². The van der Waals surface area contributed by atoms with E-state index in [-0.39, 0.29) is 0 Å². The number of fused-ring (bicyclic) bond motifs is 1. The maximum Gasteiger partial charge on any atom is 0.0519 e. The summed E-state index contributed by atoms with van der Waals surface area (Å²) in [6, 6.07) is 15.1. The Balaban J connectivity index is 1.80. The van der Waals surface area contributed by atoms with Crippen LogP contribution in [-0.4, -0.2) is 13.7 Å². The van der Waals surface area contributed by atoms with Gasteiger partial charge in [-0.25, -0.2) is 0 Å². The number of aryl methyl sites for hydroxylation is 1. The largest absolute Gasteiger partial charge is 0.399 e. The molecule has 0 aromatic heterocycles. The monoisotopic (exact) mass is 282 g/mol. The molecule has 1 atom stereocenters. The first kappa shape index (κ1) is 14.0. The zero-order valence-electron chi connectivity index (χ0n) is 12.4. The first-order chi connectivity index (χ1) is 10.3. The van der Waals surface area contributed by atoms with Gasteiger partial charge >= 0.3 is 0 Å². The van der Waals surface area contributed by atoms with Gasteiger partial charge in [-0.2, -0.15) is 0 Å². The minimum Gasteiger partial charge on any atom is -0.399 e. The number of ether oxygens (including phenoxy) is 1. The smallest absolute Gasteiger partial charge is 0.0519 e. The quantitative estimate of drug-likeness (QED) is 0.824. The van der Waals surface area contributed by atoms with Gasteiger partial charge < -0.3 is 15.8 Å². The molecule has 110 valence electrons. The van der Waals surface area contributed by atoms with Crippen LogP contribution >= 0.6 is 0 Å². The molecule has 1 unspecified atom stereocenters. The van der Waals surface area contributed by atoms with Gasteiger partial charge in [0.05, 0.1) is 12.6 Å². The fourth-order valence-electron chi connectivity index (χ4n) is 3.07. The molecule has 0 aliphatic heterocycles. The van der Waals surface area contributed by atoms with Crippen LogP contribution in [0.15, 0.2) is 42.5 Å². The van der Waals surface area contributed by atoms with E-state index in [0.717, 1.165) is 31.6 Å². The standard InChI is InChI=1S/C18H22N2O/c1-21-11-10-13-4-2-3-5-17(13)20-18-9-6-14-12-15(19)7-8-16(14)18/h2-5,7-8,12,18,20H,6,9-11,19H2,1H3. The number of para-hydroxylation sites is 1. The van der Waals surface area contributed by atoms with Crippen molar-refractivity contribution in [3.8, 4) is 0 Å². The third kappa shape index (κ3) is 3.03. The molecule has 0 heterocycles. The fraction of sp³-hybridized carbons (Fsp3) is 0.333. The number of nitrogens with one attached hydrogen (secondary N) is 1. The summed E-state index contributed by atoms with van der Waals surface area (Å²) in [5, 5.41) is 3.70. The third-order valence-corrected chi connectivity index (χ3v) is 4.17. The molecule has 3 N–H and O–H groups in total. The van der Waals surface area contributed by atoms with Gasteiger partial charge in [0.15, 0.2) is 0 Å². The maximum atomic E-state index is 5.87. The second-order valence-corrected chi connectivity index (χ2v) is 5.59. The lowest BCUT2D eigenvalue weighted by Crippen LogP contribution is -2.09. The van der Waals surface area contributed by atoms with Crippen LogP contribution in [0.3, 0.4) is 0 Å². The van der Waals surface area contributed by atoms with Crippen molar-refractivity contribution in [2.45, 2.75) is 25.3 Å². The third-order valence-electron chi connectivity index (χ3n) is 4.17. The Kier molecular flexibility index (Phi) is 4.11. The van der Waals surface area contributed by atoms with E-state index in [4.69, 9.17) is 10.5 Å². The van der Waals surface area contributed by atoms with E-state index in [1.54, 1.807) is 7.11 Å². The highest BCUT2D eigenvalue weighted by Crippen LogP contribution is 2.35. The van der Waals surface area contributed by atoms with E-state index >= 15 is 0 Å². The van der Waals surface area contributed by atoms with E-state index in [1.165, 1.54) is 22.4 Å². The zero-order valence-corrected chi connectivity index (χ0v) is 12.4. The molecule has 0 bridgehead atoms. The van der Waals surface area contributed by atoms with Gasteiger partial charge in [0.1, 0.15) is 0 Å². The van der Waals surface area contributed by atoms with Crippen molar-refractivity contribution in [1.82, 2.24) is 0 Å². The molecule has 3 heteroatoms. The molecule has 0 fully saturated rings. The van der Waals surface area contributed by atoms with E-state index in [2.05, 4.69) is 41.7 Å². The summed E-state index contributed by atoms with van der Waals surface area (Å²) < 4.78 is 5.20. The fourth-order valence-corrected chi connectivity index (χ4v) is 3.07. The number of nitrogen functional groups attached to an aromatic ring is 1. The molecule has 3 nitrogen and oxygen atoms in total. The summed E-state index contributed by atoms with van der Waals surface area (Å²) in [6.45, 7) is 0.747. The highest BCUT2D eigenvalue weighted by atomic mass is 16.5. The van der Waals surface area contributed by atoms with Crippen LogP contribution in [0.25, 0.3) is 0 Å². The number of benzene rings is 2. The highest BCUT2D eigenvalue weighted by Gasteiger charge is 2.22. The number of hydrogen-bond donors (Lipinski definition) is 2. The highest BCUT2D eigenvalue weighted by molar-refractivity contribution is 5.55. The van der Waals surface area contributed by atoms with Gasteiger partial charge in [-0.15, -0.1) is 0 Å². The molecular weight excluding hydrogens is 260 g/mol. The van der Waals surface area contributed by atoms with Gasteiger partial charge in [0.2, 0.25) is 0 Å². The Bertz CT molecular complexity index is 624. The first-order valence-corrected chi connectivity index (χ1v) is 7.49. The summed E-state index contributed by atoms with van der Waals surface area (Å²) in [7, 11) is 1.74. The maximum absolute atomic E-state index is 5.87.